The summed E-state index contributed by atoms with van der Waals surface area (Å²) >= 11 is 0. The molecule has 0 bridgehead atoms. The summed E-state index contributed by atoms with van der Waals surface area (Å²) in [5.74, 6) is 0.778. The number of carbonyl (C=O) groups excluding carboxylic acids is 1. The molecule has 1 amide bonds. The van der Waals surface area contributed by atoms with Gasteiger partial charge in [0.05, 0.1) is 11.0 Å². The molecule has 3 N–H and O–H groups in total. The fourth-order valence-corrected chi connectivity index (χ4v) is 1.68. The third-order valence-electron chi connectivity index (χ3n) is 2.61. The molecule has 0 radical (unpaired) electrons. The van der Waals surface area contributed by atoms with Crippen molar-refractivity contribution in [1.29, 1.82) is 0 Å². The predicted octanol–water partition coefficient (Wildman–Crippen LogP) is 1.89. The van der Waals surface area contributed by atoms with Crippen molar-refractivity contribution in [2.24, 2.45) is 0 Å². The van der Waals surface area contributed by atoms with Gasteiger partial charge >= 0.3 is 0 Å². The smallest absolute Gasteiger partial charge is 0.221 e. The van der Waals surface area contributed by atoms with E-state index in [2.05, 4.69) is 20.6 Å². The van der Waals surface area contributed by atoms with E-state index < -0.39 is 0 Å². The maximum atomic E-state index is 11.4. The molecule has 0 saturated heterocycles. The van der Waals surface area contributed by atoms with Crippen LogP contribution in [0.2, 0.25) is 0 Å². The van der Waals surface area contributed by atoms with Crippen LogP contribution in [0.15, 0.2) is 24.3 Å². The van der Waals surface area contributed by atoms with E-state index in [0.29, 0.717) is 18.9 Å². The lowest BCUT2D eigenvalue weighted by atomic mass is 10.3. The molecular weight excluding hydrogens is 228 g/mol. The van der Waals surface area contributed by atoms with E-state index in [9.17, 15) is 4.79 Å². The molecule has 2 aromatic rings. The monoisotopic (exact) mass is 246 g/mol. The number of rotatable bonds is 6. The Kier molecular flexibility index (Phi) is 4.17. The Labute approximate surface area is 106 Å². The molecule has 0 atom stereocenters. The second kappa shape index (κ2) is 6.05. The first-order valence-electron chi connectivity index (χ1n) is 6.25. The summed E-state index contributed by atoms with van der Waals surface area (Å²) in [6.45, 7) is 3.35. The summed E-state index contributed by atoms with van der Waals surface area (Å²) in [6, 6.07) is 7.83. The van der Waals surface area contributed by atoms with Crippen molar-refractivity contribution in [2.75, 3.05) is 18.4 Å². The number of hydrogen-bond acceptors (Lipinski definition) is 3. The van der Waals surface area contributed by atoms with Gasteiger partial charge in [0, 0.05) is 19.5 Å². The van der Waals surface area contributed by atoms with Crippen molar-refractivity contribution in [3.8, 4) is 0 Å². The molecule has 0 aliphatic rings. The third-order valence-corrected chi connectivity index (χ3v) is 2.61. The zero-order valence-corrected chi connectivity index (χ0v) is 10.5. The van der Waals surface area contributed by atoms with Crippen LogP contribution < -0.4 is 10.6 Å². The van der Waals surface area contributed by atoms with Crippen LogP contribution in [0.5, 0.6) is 0 Å². The topological polar surface area (TPSA) is 69.8 Å². The van der Waals surface area contributed by atoms with Gasteiger partial charge in [0.2, 0.25) is 11.9 Å². The maximum absolute atomic E-state index is 11.4. The van der Waals surface area contributed by atoms with Crippen molar-refractivity contribution < 1.29 is 4.79 Å². The molecule has 1 heterocycles. The van der Waals surface area contributed by atoms with Crippen LogP contribution in [0.25, 0.3) is 11.0 Å². The number of fused-ring (bicyclic) bond motifs is 1. The van der Waals surface area contributed by atoms with Crippen LogP contribution in [0.3, 0.4) is 0 Å². The highest BCUT2D eigenvalue weighted by atomic mass is 16.1. The van der Waals surface area contributed by atoms with Gasteiger partial charge in [-0.3, -0.25) is 4.79 Å². The van der Waals surface area contributed by atoms with Gasteiger partial charge < -0.3 is 15.6 Å². The van der Waals surface area contributed by atoms with Crippen molar-refractivity contribution >= 4 is 22.9 Å². The number of H-pyrrole nitrogens is 1. The first-order chi connectivity index (χ1) is 8.79. The Morgan fingerprint density at radius 2 is 2.17 bits per heavy atom. The van der Waals surface area contributed by atoms with Crippen LogP contribution in [0, 0.1) is 0 Å². The largest absolute Gasteiger partial charge is 0.356 e. The Bertz CT molecular complexity index is 487. The average Bonchev–Trinajstić information content (AvgIpc) is 2.79. The Morgan fingerprint density at radius 1 is 1.33 bits per heavy atom. The lowest BCUT2D eigenvalue weighted by Crippen LogP contribution is -2.25. The van der Waals surface area contributed by atoms with Gasteiger partial charge in [0.15, 0.2) is 0 Å². The first kappa shape index (κ1) is 12.4. The summed E-state index contributed by atoms with van der Waals surface area (Å²) in [5, 5.41) is 5.95. The lowest BCUT2D eigenvalue weighted by Gasteiger charge is -2.03. The zero-order valence-electron chi connectivity index (χ0n) is 10.5. The van der Waals surface area contributed by atoms with Gasteiger partial charge in [0.25, 0.3) is 0 Å². The average molecular weight is 246 g/mol. The van der Waals surface area contributed by atoms with Crippen LogP contribution >= 0.6 is 0 Å². The van der Waals surface area contributed by atoms with E-state index >= 15 is 0 Å². The van der Waals surface area contributed by atoms with Gasteiger partial charge in [-0.05, 0) is 18.6 Å². The second-order valence-electron chi connectivity index (χ2n) is 4.13. The first-order valence-corrected chi connectivity index (χ1v) is 6.25. The summed E-state index contributed by atoms with van der Waals surface area (Å²) in [7, 11) is 0. The number of aromatic amines is 1. The molecule has 1 aromatic heterocycles. The number of imidazole rings is 1. The quantitative estimate of drug-likeness (QED) is 0.729. The van der Waals surface area contributed by atoms with E-state index in [1.165, 1.54) is 0 Å². The van der Waals surface area contributed by atoms with Crippen LogP contribution in [-0.2, 0) is 4.79 Å². The predicted molar refractivity (Wildman–Crippen MR) is 72.5 cm³/mol. The van der Waals surface area contributed by atoms with Crippen molar-refractivity contribution in [2.45, 2.75) is 19.8 Å². The standard InChI is InChI=1S/C13H18N4O/c1-2-8-14-12(18)7-9-15-13-16-10-5-3-4-6-11(10)17-13/h3-6H,2,7-9H2,1H3,(H,14,18)(H2,15,16,17). The highest BCUT2D eigenvalue weighted by Crippen LogP contribution is 2.12. The van der Waals surface area contributed by atoms with Crippen LogP contribution in [0.1, 0.15) is 19.8 Å². The van der Waals surface area contributed by atoms with Crippen molar-refractivity contribution in [1.82, 2.24) is 15.3 Å². The van der Waals surface area contributed by atoms with Crippen LogP contribution in [0.4, 0.5) is 5.95 Å². The summed E-state index contributed by atoms with van der Waals surface area (Å²) in [6.07, 6.45) is 1.42. The van der Waals surface area contributed by atoms with Crippen LogP contribution in [-0.4, -0.2) is 29.0 Å². The van der Waals surface area contributed by atoms with E-state index in [4.69, 9.17) is 0 Å². The number of nitrogens with zero attached hydrogens (tertiary/aromatic N) is 1. The summed E-state index contributed by atoms with van der Waals surface area (Å²) in [5.41, 5.74) is 1.92. The minimum atomic E-state index is 0.0699. The number of para-hydroxylation sites is 2. The second-order valence-corrected chi connectivity index (χ2v) is 4.13. The minimum Gasteiger partial charge on any atom is -0.356 e. The molecule has 0 fully saturated rings. The molecule has 0 aliphatic carbocycles. The van der Waals surface area contributed by atoms with Gasteiger partial charge in [-0.2, -0.15) is 0 Å². The molecule has 96 valence electrons. The number of nitrogens with one attached hydrogen (secondary N) is 3. The number of carbonyl (C=O) groups is 1. The van der Waals surface area contributed by atoms with E-state index in [1.54, 1.807) is 0 Å². The van der Waals surface area contributed by atoms with Gasteiger partial charge in [-0.1, -0.05) is 19.1 Å². The molecule has 18 heavy (non-hydrogen) atoms. The molecule has 5 heteroatoms. The molecule has 5 nitrogen and oxygen atoms in total. The maximum Gasteiger partial charge on any atom is 0.221 e. The van der Waals surface area contributed by atoms with Crippen molar-refractivity contribution in [3.63, 3.8) is 0 Å². The number of aromatic nitrogens is 2. The molecule has 0 spiro atoms. The zero-order chi connectivity index (χ0) is 12.8. The lowest BCUT2D eigenvalue weighted by molar-refractivity contribution is -0.120. The number of anilines is 1. The summed E-state index contributed by atoms with van der Waals surface area (Å²) in [4.78, 5) is 18.9. The Balaban J connectivity index is 1.81. The minimum absolute atomic E-state index is 0.0699. The highest BCUT2D eigenvalue weighted by Gasteiger charge is 2.03. The number of amides is 1. The molecule has 1 aromatic carbocycles. The molecular formula is C13H18N4O. The number of hydrogen-bond donors (Lipinski definition) is 3. The Hall–Kier alpha value is -2.04. The van der Waals surface area contributed by atoms with E-state index in [0.717, 1.165) is 24.0 Å². The van der Waals surface area contributed by atoms with Gasteiger partial charge in [-0.15, -0.1) is 0 Å². The highest BCUT2D eigenvalue weighted by molar-refractivity contribution is 5.78. The molecule has 0 unspecified atom stereocenters. The fraction of sp³-hybridized carbons (Fsp3) is 0.385. The molecule has 0 saturated carbocycles. The number of benzene rings is 1. The third kappa shape index (κ3) is 3.23. The normalized spacial score (nSPS) is 10.5. The molecule has 0 aliphatic heterocycles. The Morgan fingerprint density at radius 3 is 2.94 bits per heavy atom. The van der Waals surface area contributed by atoms with E-state index in [-0.39, 0.29) is 5.91 Å². The van der Waals surface area contributed by atoms with E-state index in [1.807, 2.05) is 31.2 Å². The molecule has 2 rings (SSSR count). The van der Waals surface area contributed by atoms with Gasteiger partial charge in [-0.25, -0.2) is 4.98 Å². The van der Waals surface area contributed by atoms with Crippen molar-refractivity contribution in [3.05, 3.63) is 24.3 Å². The fourth-order valence-electron chi connectivity index (χ4n) is 1.68. The summed E-state index contributed by atoms with van der Waals surface area (Å²) < 4.78 is 0. The van der Waals surface area contributed by atoms with Gasteiger partial charge in [0.1, 0.15) is 0 Å². The SMILES string of the molecule is CCCNC(=O)CCNc1nc2ccccc2[nH]1.